The molecule has 4 N–H and O–H groups in total. The third-order valence-electron chi connectivity index (χ3n) is 7.21. The molecular weight excluding hydrogens is 482 g/mol. The minimum absolute atomic E-state index is 0.0811. The van der Waals surface area contributed by atoms with E-state index >= 15 is 0 Å². The number of hydrogen-bond acceptors (Lipinski definition) is 5. The molecule has 0 spiro atoms. The van der Waals surface area contributed by atoms with Crippen molar-refractivity contribution in [3.8, 4) is 0 Å². The van der Waals surface area contributed by atoms with Crippen LogP contribution in [0.1, 0.15) is 118 Å². The zero-order chi connectivity index (χ0) is 26.3. The predicted octanol–water partition coefficient (Wildman–Crippen LogP) is 6.49. The molecule has 0 bridgehead atoms. The van der Waals surface area contributed by atoms with Crippen LogP contribution in [-0.2, 0) is 22.9 Å². The molecule has 34 heavy (non-hydrogen) atoms. The second kappa shape index (κ2) is 16.8. The summed E-state index contributed by atoms with van der Waals surface area (Å²) < 4.78 is 37.7. The van der Waals surface area contributed by atoms with Gasteiger partial charge in [0.15, 0.2) is 0 Å². The van der Waals surface area contributed by atoms with Crippen LogP contribution in [0.2, 0.25) is 0 Å². The van der Waals surface area contributed by atoms with Crippen molar-refractivity contribution < 1.29 is 42.5 Å². The largest absolute Gasteiger partial charge is 0.470 e. The third kappa shape index (κ3) is 16.0. The molecule has 1 unspecified atom stereocenters. The van der Waals surface area contributed by atoms with Crippen molar-refractivity contribution in [1.29, 1.82) is 0 Å². The summed E-state index contributed by atoms with van der Waals surface area (Å²) in [5.41, 5.74) is -0.541. The van der Waals surface area contributed by atoms with E-state index in [9.17, 15) is 18.9 Å². The summed E-state index contributed by atoms with van der Waals surface area (Å²) in [6, 6.07) is 0. The van der Waals surface area contributed by atoms with Gasteiger partial charge in [0, 0.05) is 6.61 Å². The highest BCUT2D eigenvalue weighted by Crippen LogP contribution is 2.46. The Balaban J connectivity index is 4.23. The fraction of sp³-hybridized carbons (Fsp3) is 1.00. The molecule has 0 aromatic heterocycles. The second-order valence-electron chi connectivity index (χ2n) is 9.49. The smallest absolute Gasteiger partial charge is 0.379 e. The average molecular weight is 533 g/mol. The predicted molar refractivity (Wildman–Crippen MR) is 134 cm³/mol. The molecule has 0 aliphatic rings. The lowest BCUT2D eigenvalue weighted by atomic mass is 9.74. The lowest BCUT2D eigenvalue weighted by Crippen LogP contribution is -2.30. The van der Waals surface area contributed by atoms with E-state index in [0.717, 1.165) is 57.8 Å². The Morgan fingerprint density at radius 1 is 0.706 bits per heavy atom. The molecule has 11 heteroatoms. The fourth-order valence-electron chi connectivity index (χ4n) is 4.58. The lowest BCUT2D eigenvalue weighted by molar-refractivity contribution is 0.00949. The van der Waals surface area contributed by atoms with Crippen molar-refractivity contribution >= 4 is 15.6 Å². The van der Waals surface area contributed by atoms with Gasteiger partial charge in [0.1, 0.15) is 0 Å². The molecule has 0 aromatic carbocycles. The topological polar surface area (TPSA) is 143 Å². The van der Waals surface area contributed by atoms with Gasteiger partial charge >= 0.3 is 15.6 Å². The Kier molecular flexibility index (Phi) is 16.9. The highest BCUT2D eigenvalue weighted by Gasteiger charge is 2.34. The molecule has 1 atom stereocenters. The number of rotatable bonds is 22. The van der Waals surface area contributed by atoms with Crippen molar-refractivity contribution in [2.24, 2.45) is 5.41 Å². The number of unbranched alkanes of at least 4 members (excludes halogenated alkanes) is 2. The van der Waals surface area contributed by atoms with Gasteiger partial charge in [-0.25, -0.2) is 9.13 Å². The van der Waals surface area contributed by atoms with Crippen molar-refractivity contribution in [2.75, 3.05) is 13.2 Å². The Hall–Kier alpha value is 0.180. The van der Waals surface area contributed by atoms with E-state index in [1.54, 1.807) is 0 Å². The fourth-order valence-corrected chi connectivity index (χ4v) is 5.80. The van der Waals surface area contributed by atoms with Gasteiger partial charge in [-0.2, -0.15) is 0 Å². The Morgan fingerprint density at radius 3 is 1.68 bits per heavy atom. The van der Waals surface area contributed by atoms with E-state index in [0.29, 0.717) is 32.3 Å². The minimum atomic E-state index is -4.52. The maximum Gasteiger partial charge on any atom is 0.470 e. The van der Waals surface area contributed by atoms with Gasteiger partial charge in [0.05, 0.1) is 18.3 Å². The highest BCUT2D eigenvalue weighted by molar-refractivity contribution is 7.46. The molecule has 0 rings (SSSR count). The first-order valence-corrected chi connectivity index (χ1v) is 15.9. The van der Waals surface area contributed by atoms with Crippen LogP contribution in [0.4, 0.5) is 0 Å². The van der Waals surface area contributed by atoms with Crippen LogP contribution in [0, 0.1) is 5.41 Å². The minimum Gasteiger partial charge on any atom is -0.379 e. The second-order valence-corrected chi connectivity index (χ2v) is 11.9. The van der Waals surface area contributed by atoms with E-state index in [1.807, 2.05) is 20.8 Å². The van der Waals surface area contributed by atoms with Gasteiger partial charge in [0.25, 0.3) is 0 Å². The molecular formula is C23H50O9P2. The lowest BCUT2D eigenvalue weighted by Gasteiger charge is -2.32. The van der Waals surface area contributed by atoms with Crippen molar-refractivity contribution in [3.05, 3.63) is 0 Å². The molecule has 0 radical (unpaired) electrons. The highest BCUT2D eigenvalue weighted by atomic mass is 31.2. The standard InChI is InChI=1S/C23H50O9P2/c1-6-22(7-2,17-11-13-20-31-33(24,25)26)16-10-12-19-30-21(5)15-14-18-23(8-3,9-4)32-34(27,28)29/h21H,6-20H2,1-5H3,(H2,24,25,26)(H2,27,28,29). The van der Waals surface area contributed by atoms with E-state index in [-0.39, 0.29) is 18.1 Å². The summed E-state index contributed by atoms with van der Waals surface area (Å²) in [4.78, 5) is 36.0. The van der Waals surface area contributed by atoms with Crippen molar-refractivity contribution in [2.45, 2.75) is 130 Å². The van der Waals surface area contributed by atoms with Gasteiger partial charge < -0.3 is 24.3 Å². The van der Waals surface area contributed by atoms with E-state index < -0.39 is 21.2 Å². The van der Waals surface area contributed by atoms with Crippen LogP contribution in [0.25, 0.3) is 0 Å². The van der Waals surface area contributed by atoms with Crippen LogP contribution in [-0.4, -0.2) is 44.5 Å². The Morgan fingerprint density at radius 2 is 1.24 bits per heavy atom. The Bertz CT molecular complexity index is 610. The molecule has 0 fully saturated rings. The molecule has 206 valence electrons. The molecule has 0 saturated heterocycles. The zero-order valence-electron chi connectivity index (χ0n) is 21.9. The van der Waals surface area contributed by atoms with Crippen molar-refractivity contribution in [3.63, 3.8) is 0 Å². The van der Waals surface area contributed by atoms with Crippen LogP contribution < -0.4 is 0 Å². The molecule has 9 nitrogen and oxygen atoms in total. The molecule has 0 heterocycles. The van der Waals surface area contributed by atoms with E-state index in [2.05, 4.69) is 18.4 Å². The zero-order valence-corrected chi connectivity index (χ0v) is 23.7. The van der Waals surface area contributed by atoms with Gasteiger partial charge in [-0.05, 0) is 70.1 Å². The summed E-state index contributed by atoms with van der Waals surface area (Å²) in [7, 11) is -8.89. The average Bonchev–Trinajstić information content (AvgIpc) is 2.75. The van der Waals surface area contributed by atoms with Crippen LogP contribution in [0.5, 0.6) is 0 Å². The number of hydrogen-bond donors (Lipinski definition) is 4. The SMILES string of the molecule is CCC(CC)(CCCCOC(C)CCCC(CC)(CC)OP(=O)(O)O)CCCCOP(=O)(O)O. The normalized spacial score (nSPS) is 14.5. The van der Waals surface area contributed by atoms with Gasteiger partial charge in [-0.15, -0.1) is 0 Å². The van der Waals surface area contributed by atoms with Crippen molar-refractivity contribution in [1.82, 2.24) is 0 Å². The first kappa shape index (κ1) is 34.2. The molecule has 0 saturated carbocycles. The van der Waals surface area contributed by atoms with Gasteiger partial charge in [-0.1, -0.05) is 53.4 Å². The first-order valence-electron chi connectivity index (χ1n) is 12.8. The molecule has 0 aromatic rings. The Labute approximate surface area is 206 Å². The number of phosphoric acid groups is 2. The number of phosphoric ester groups is 2. The monoisotopic (exact) mass is 532 g/mol. The quantitative estimate of drug-likeness (QED) is 0.0909. The maximum atomic E-state index is 11.3. The van der Waals surface area contributed by atoms with E-state index in [4.69, 9.17) is 19.0 Å². The molecule has 0 amide bonds. The third-order valence-corrected chi connectivity index (χ3v) is 8.35. The van der Waals surface area contributed by atoms with Gasteiger partial charge in [-0.3, -0.25) is 9.05 Å². The van der Waals surface area contributed by atoms with E-state index in [1.165, 1.54) is 0 Å². The summed E-state index contributed by atoms with van der Waals surface area (Å²) in [6.45, 7) is 11.0. The van der Waals surface area contributed by atoms with Crippen LogP contribution >= 0.6 is 15.6 Å². The summed E-state index contributed by atoms with van der Waals surface area (Å²) in [6.07, 6.45) is 11.2. The molecule has 0 aliphatic heterocycles. The summed E-state index contributed by atoms with van der Waals surface area (Å²) in [5.74, 6) is 0. The first-order chi connectivity index (χ1) is 15.8. The summed E-state index contributed by atoms with van der Waals surface area (Å²) in [5, 5.41) is 0. The molecule has 0 aliphatic carbocycles. The summed E-state index contributed by atoms with van der Waals surface area (Å²) >= 11 is 0. The van der Waals surface area contributed by atoms with Gasteiger partial charge in [0.2, 0.25) is 0 Å². The number of ether oxygens (including phenoxy) is 1. The van der Waals surface area contributed by atoms with Crippen LogP contribution in [0.15, 0.2) is 0 Å². The van der Waals surface area contributed by atoms with Crippen LogP contribution in [0.3, 0.4) is 0 Å². The maximum absolute atomic E-state index is 11.3.